The summed E-state index contributed by atoms with van der Waals surface area (Å²) in [6.45, 7) is 8.97. The minimum atomic E-state index is -0.611. The molecule has 17 heteroatoms. The molecule has 5 aromatic rings. The molecule has 348 valence electrons. The third kappa shape index (κ3) is 10.1. The van der Waals surface area contributed by atoms with Crippen molar-refractivity contribution >= 4 is 58.5 Å². The van der Waals surface area contributed by atoms with Crippen LogP contribution < -0.4 is 36.2 Å². The number of amides is 4. The molecule has 3 saturated heterocycles. The van der Waals surface area contributed by atoms with Crippen LogP contribution in [0.1, 0.15) is 64.4 Å². The number of piperidine rings is 1. The van der Waals surface area contributed by atoms with Crippen molar-refractivity contribution in [3.8, 4) is 5.75 Å². The SMILES string of the molecule is CC=C(c1ccc(Cc2cc(F)ccc2OC)cc1)c1c(N)ncnc1N(C)c1ccc(N2CCC(CN3CCN(c4ccc5c(c4)CN(C4CCC(=O)NC4=O)C5=O)CC3)C2)nc1.NC=O. The maximum atomic E-state index is 14.0. The summed E-state index contributed by atoms with van der Waals surface area (Å²) in [4.78, 5) is 70.8. The van der Waals surface area contributed by atoms with E-state index < -0.39 is 6.04 Å². The van der Waals surface area contributed by atoms with Crippen LogP contribution in [0.25, 0.3) is 5.57 Å². The van der Waals surface area contributed by atoms with Crippen LogP contribution in [0.4, 0.5) is 33.2 Å². The topological polar surface area (TPSA) is 196 Å². The maximum Gasteiger partial charge on any atom is 0.255 e. The molecule has 4 aliphatic heterocycles. The Labute approximate surface area is 389 Å². The molecule has 9 rings (SSSR count). The normalized spacial score (nSPS) is 18.6. The first-order chi connectivity index (χ1) is 32.5. The van der Waals surface area contributed by atoms with Gasteiger partial charge in [0.15, 0.2) is 0 Å². The number of benzene rings is 3. The van der Waals surface area contributed by atoms with Gasteiger partial charge in [0.25, 0.3) is 5.91 Å². The number of ether oxygens (including phenoxy) is 1. The van der Waals surface area contributed by atoms with Crippen molar-refractivity contribution in [1.29, 1.82) is 0 Å². The van der Waals surface area contributed by atoms with Gasteiger partial charge in [0, 0.05) is 89.1 Å². The lowest BCUT2D eigenvalue weighted by atomic mass is 9.95. The second-order valence-corrected chi connectivity index (χ2v) is 17.2. The van der Waals surface area contributed by atoms with Crippen LogP contribution in [-0.4, -0.2) is 115 Å². The van der Waals surface area contributed by atoms with Crippen LogP contribution in [0, 0.1) is 11.7 Å². The highest BCUT2D eigenvalue weighted by Crippen LogP contribution is 2.37. The first kappa shape index (κ1) is 46.1. The van der Waals surface area contributed by atoms with Gasteiger partial charge in [-0.25, -0.2) is 19.3 Å². The molecule has 3 aromatic carbocycles. The average Bonchev–Trinajstić information content (AvgIpc) is 3.94. The molecule has 2 unspecified atom stereocenters. The summed E-state index contributed by atoms with van der Waals surface area (Å²) < 4.78 is 19.5. The molecule has 16 nitrogen and oxygen atoms in total. The Balaban J connectivity index is 0.00000198. The van der Waals surface area contributed by atoms with Crippen LogP contribution in [0.2, 0.25) is 0 Å². The summed E-state index contributed by atoms with van der Waals surface area (Å²) >= 11 is 0. The van der Waals surface area contributed by atoms with E-state index in [0.717, 1.165) is 103 Å². The fourth-order valence-electron chi connectivity index (χ4n) is 9.65. The summed E-state index contributed by atoms with van der Waals surface area (Å²) in [7, 11) is 3.55. The lowest BCUT2D eigenvalue weighted by Gasteiger charge is -2.37. The van der Waals surface area contributed by atoms with Crippen molar-refractivity contribution < 1.29 is 28.3 Å². The Kier molecular flexibility index (Phi) is 14.1. The molecular formula is C50H56FN11O5. The third-order valence-corrected chi connectivity index (χ3v) is 13.1. The van der Waals surface area contributed by atoms with Gasteiger partial charge in [0.05, 0.1) is 24.6 Å². The summed E-state index contributed by atoms with van der Waals surface area (Å²) in [6, 6.07) is 22.2. The van der Waals surface area contributed by atoms with E-state index in [9.17, 15) is 18.8 Å². The maximum absolute atomic E-state index is 14.0. The Morgan fingerprint density at radius 1 is 0.940 bits per heavy atom. The number of nitrogens with two attached hydrogens (primary N) is 2. The van der Waals surface area contributed by atoms with Crippen molar-refractivity contribution in [2.24, 2.45) is 11.7 Å². The molecular weight excluding hydrogens is 854 g/mol. The monoisotopic (exact) mass is 909 g/mol. The fraction of sp³-hybridized carbons (Fsp3) is 0.340. The van der Waals surface area contributed by atoms with Gasteiger partial charge >= 0.3 is 0 Å². The number of aromatic nitrogens is 3. The number of primary amides is 1. The summed E-state index contributed by atoms with van der Waals surface area (Å²) in [5.41, 5.74) is 18.6. The summed E-state index contributed by atoms with van der Waals surface area (Å²) in [6.07, 6.45) is 7.86. The van der Waals surface area contributed by atoms with Gasteiger partial charge in [-0.05, 0) is 96.5 Å². The standard InChI is InChI=1S/C49H53FN10O4.CH3NO/c1-4-39(33-7-5-31(6-8-33)23-34-24-36(50)9-14-42(34)64-3)45-46(51)53-30-54-47(45)56(2)38-11-15-43(52-26-38)59-18-17-32(28-59)27-57-19-21-58(22-20-57)37-10-12-40-35(25-37)29-60(49(40)63)41-13-16-44(61)55-48(41)62;2-1-3/h4-12,14-15,24-26,30,32,41H,13,16-23,27-29H2,1-3H3,(H2,51,53,54)(H,55,61,62);1H,(H2,2,3). The molecule has 2 aromatic heterocycles. The lowest BCUT2D eigenvalue weighted by Crippen LogP contribution is -2.52. The van der Waals surface area contributed by atoms with Crippen molar-refractivity contribution in [1.82, 2.24) is 30.1 Å². The number of carbonyl (C=O) groups is 4. The van der Waals surface area contributed by atoms with E-state index in [1.807, 2.05) is 67.5 Å². The number of imide groups is 1. The van der Waals surface area contributed by atoms with Crippen LogP contribution in [-0.2, 0) is 27.3 Å². The number of nitrogens with zero attached hydrogens (tertiary/aromatic N) is 8. The number of fused-ring (bicyclic) bond motifs is 1. The highest BCUT2D eigenvalue weighted by atomic mass is 19.1. The van der Waals surface area contributed by atoms with Crippen LogP contribution >= 0.6 is 0 Å². The minimum absolute atomic E-state index is 0.145. The van der Waals surface area contributed by atoms with Crippen molar-refractivity contribution in [3.63, 3.8) is 0 Å². The number of carbonyl (C=O) groups excluding carboxylic acids is 4. The van der Waals surface area contributed by atoms with Gasteiger partial charge in [-0.15, -0.1) is 0 Å². The predicted octanol–water partition coefficient (Wildman–Crippen LogP) is 4.92. The van der Waals surface area contributed by atoms with E-state index in [1.54, 1.807) is 18.1 Å². The zero-order valence-corrected chi connectivity index (χ0v) is 38.0. The van der Waals surface area contributed by atoms with Crippen molar-refractivity contribution in [3.05, 3.63) is 131 Å². The molecule has 3 fully saturated rings. The van der Waals surface area contributed by atoms with Gasteiger partial charge in [0.1, 0.15) is 41.4 Å². The molecule has 0 saturated carbocycles. The molecule has 67 heavy (non-hydrogen) atoms. The van der Waals surface area contributed by atoms with Crippen molar-refractivity contribution in [2.75, 3.05) is 80.4 Å². The number of rotatable bonds is 12. The second-order valence-electron chi connectivity index (χ2n) is 17.2. The largest absolute Gasteiger partial charge is 0.496 e. The van der Waals surface area contributed by atoms with Gasteiger partial charge in [-0.1, -0.05) is 30.3 Å². The van der Waals surface area contributed by atoms with Crippen LogP contribution in [0.3, 0.4) is 0 Å². The van der Waals surface area contributed by atoms with Gasteiger partial charge in [-0.2, -0.15) is 0 Å². The average molecular weight is 910 g/mol. The highest BCUT2D eigenvalue weighted by Gasteiger charge is 2.39. The fourth-order valence-corrected chi connectivity index (χ4v) is 9.65. The molecule has 0 aliphatic carbocycles. The number of allylic oxidation sites excluding steroid dienone is 1. The van der Waals surface area contributed by atoms with Crippen molar-refractivity contribution in [2.45, 2.75) is 45.2 Å². The van der Waals surface area contributed by atoms with E-state index in [1.165, 1.54) is 18.5 Å². The van der Waals surface area contributed by atoms with E-state index in [-0.39, 0.29) is 36.4 Å². The number of pyridine rings is 1. The number of anilines is 5. The molecule has 4 aliphatic rings. The van der Waals surface area contributed by atoms with E-state index >= 15 is 0 Å². The Morgan fingerprint density at radius 2 is 1.72 bits per heavy atom. The smallest absolute Gasteiger partial charge is 0.255 e. The minimum Gasteiger partial charge on any atom is -0.496 e. The summed E-state index contributed by atoms with van der Waals surface area (Å²) in [5.74, 6) is 2.04. The molecule has 6 heterocycles. The zero-order chi connectivity index (χ0) is 47.2. The number of halogens is 1. The highest BCUT2D eigenvalue weighted by molar-refractivity contribution is 6.05. The number of hydrogen-bond donors (Lipinski definition) is 3. The van der Waals surface area contributed by atoms with Crippen LogP contribution in [0.5, 0.6) is 5.75 Å². The Bertz CT molecular complexity index is 2650. The lowest BCUT2D eigenvalue weighted by molar-refractivity contribution is -0.136. The van der Waals surface area contributed by atoms with Crippen LogP contribution in [0.15, 0.2) is 91.4 Å². The number of hydrogen-bond acceptors (Lipinski definition) is 13. The first-order valence-electron chi connectivity index (χ1n) is 22.5. The zero-order valence-electron chi connectivity index (χ0n) is 38.0. The molecule has 5 N–H and O–H groups in total. The molecule has 0 spiro atoms. The van der Waals surface area contributed by atoms with Gasteiger partial charge < -0.3 is 35.8 Å². The van der Waals surface area contributed by atoms with E-state index in [0.29, 0.717) is 48.3 Å². The molecule has 0 radical (unpaired) electrons. The Hall–Kier alpha value is -7.40. The Morgan fingerprint density at radius 3 is 2.42 bits per heavy atom. The number of methoxy groups -OCH3 is 1. The van der Waals surface area contributed by atoms with E-state index in [2.05, 4.69) is 48.9 Å². The quantitative estimate of drug-likeness (QED) is 0.113. The first-order valence-corrected chi connectivity index (χ1v) is 22.5. The molecule has 2 atom stereocenters. The van der Waals surface area contributed by atoms with E-state index in [4.69, 9.17) is 25.2 Å². The second kappa shape index (κ2) is 20.4. The number of nitrogens with one attached hydrogen (secondary N) is 1. The van der Waals surface area contributed by atoms with Gasteiger partial charge in [0.2, 0.25) is 18.2 Å². The molecule has 0 bridgehead atoms. The number of nitrogen functional groups attached to an aromatic ring is 1. The van der Waals surface area contributed by atoms with Gasteiger partial charge in [-0.3, -0.25) is 29.4 Å². The number of piperazine rings is 1. The predicted molar refractivity (Wildman–Crippen MR) is 255 cm³/mol. The summed E-state index contributed by atoms with van der Waals surface area (Å²) in [5, 5.41) is 2.38. The third-order valence-electron chi connectivity index (χ3n) is 13.1. The molecule has 4 amide bonds.